The lowest BCUT2D eigenvalue weighted by Crippen LogP contribution is -2.25. The number of aryl methyl sites for hydroxylation is 3. The van der Waals surface area contributed by atoms with E-state index in [0.29, 0.717) is 6.54 Å². The molecule has 0 atom stereocenters. The number of benzene rings is 1. The van der Waals surface area contributed by atoms with E-state index in [1.165, 1.54) is 7.05 Å². The van der Waals surface area contributed by atoms with Gasteiger partial charge in [-0.15, -0.1) is 0 Å². The number of rotatable bonds is 6. The number of nitrogens with zero attached hydrogens (tertiary/aromatic N) is 3. The van der Waals surface area contributed by atoms with E-state index in [9.17, 15) is 13.2 Å². The van der Waals surface area contributed by atoms with Crippen molar-refractivity contribution in [1.82, 2.24) is 14.7 Å². The molecule has 0 amide bonds. The molecule has 6 heteroatoms. The number of aromatic nitrogens is 2. The Morgan fingerprint density at radius 1 is 1.36 bits per heavy atom. The lowest BCUT2D eigenvalue weighted by Gasteiger charge is -2.28. The highest BCUT2D eigenvalue weighted by atomic mass is 19.3. The maximum absolute atomic E-state index is 14.4. The van der Waals surface area contributed by atoms with E-state index in [0.717, 1.165) is 34.2 Å². The number of hydrogen-bond acceptors (Lipinski definition) is 2. The molecule has 1 fully saturated rings. The summed E-state index contributed by atoms with van der Waals surface area (Å²) in [4.78, 5) is 1.94. The van der Waals surface area contributed by atoms with Crippen LogP contribution in [0.3, 0.4) is 0 Å². The van der Waals surface area contributed by atoms with Crippen LogP contribution in [0, 0.1) is 19.8 Å². The molecule has 0 spiro atoms. The molecule has 0 N–H and O–H groups in total. The molecule has 134 valence electrons. The first kappa shape index (κ1) is 17.6. The van der Waals surface area contributed by atoms with Crippen molar-refractivity contribution in [2.45, 2.75) is 45.7 Å². The largest absolute Gasteiger partial charge is 0.364 e. The zero-order valence-corrected chi connectivity index (χ0v) is 14.7. The van der Waals surface area contributed by atoms with Crippen molar-refractivity contribution in [3.8, 4) is 0 Å². The van der Waals surface area contributed by atoms with Crippen LogP contribution in [0.15, 0.2) is 24.8 Å². The lowest BCUT2D eigenvalue weighted by atomic mass is 10.0. The maximum atomic E-state index is 14.4. The molecular formula is C19H22F3N3. The van der Waals surface area contributed by atoms with Gasteiger partial charge in [-0.1, -0.05) is 30.3 Å². The average molecular weight is 349 g/mol. The lowest BCUT2D eigenvalue weighted by molar-refractivity contribution is 0.144. The van der Waals surface area contributed by atoms with Crippen molar-refractivity contribution in [2.75, 3.05) is 0 Å². The molecule has 0 saturated heterocycles. The summed E-state index contributed by atoms with van der Waals surface area (Å²) < 4.78 is 41.9. The van der Waals surface area contributed by atoms with Crippen LogP contribution >= 0.6 is 0 Å². The fraction of sp³-hybridized carbons (Fsp3) is 0.421. The first-order chi connectivity index (χ1) is 11.8. The van der Waals surface area contributed by atoms with E-state index in [1.807, 2.05) is 30.9 Å². The van der Waals surface area contributed by atoms with Gasteiger partial charge in [0.05, 0.1) is 5.56 Å². The molecule has 1 aromatic carbocycles. The van der Waals surface area contributed by atoms with Crippen LogP contribution in [-0.2, 0) is 13.6 Å². The Labute approximate surface area is 145 Å². The summed E-state index contributed by atoms with van der Waals surface area (Å²) in [6.07, 6.45) is -0.935. The van der Waals surface area contributed by atoms with E-state index in [1.54, 1.807) is 0 Å². The monoisotopic (exact) mass is 349 g/mol. The van der Waals surface area contributed by atoms with E-state index in [-0.39, 0.29) is 17.3 Å². The van der Waals surface area contributed by atoms with Crippen LogP contribution < -0.4 is 0 Å². The molecule has 1 aliphatic rings. The van der Waals surface area contributed by atoms with E-state index >= 15 is 0 Å². The quantitative estimate of drug-likeness (QED) is 0.750. The van der Waals surface area contributed by atoms with Crippen LogP contribution in [0.25, 0.3) is 5.70 Å². The van der Waals surface area contributed by atoms with Gasteiger partial charge < -0.3 is 4.90 Å². The zero-order chi connectivity index (χ0) is 18.3. The Morgan fingerprint density at radius 3 is 2.64 bits per heavy atom. The fourth-order valence-corrected chi connectivity index (χ4v) is 3.07. The van der Waals surface area contributed by atoms with Crippen molar-refractivity contribution in [3.05, 3.63) is 58.7 Å². The van der Waals surface area contributed by atoms with Gasteiger partial charge in [0.15, 0.2) is 0 Å². The van der Waals surface area contributed by atoms with Crippen LogP contribution in [0.5, 0.6) is 0 Å². The molecule has 2 aromatic rings. The average Bonchev–Trinajstić information content (AvgIpc) is 3.34. The Balaban J connectivity index is 1.97. The van der Waals surface area contributed by atoms with Gasteiger partial charge in [-0.05, 0) is 37.8 Å². The summed E-state index contributed by atoms with van der Waals surface area (Å²) in [6.45, 7) is 8.49. The Morgan fingerprint density at radius 2 is 2.04 bits per heavy atom. The predicted octanol–water partition coefficient (Wildman–Crippen LogP) is 4.75. The molecule has 0 aliphatic heterocycles. The summed E-state index contributed by atoms with van der Waals surface area (Å²) in [5.74, 6) is -0.771. The Bertz CT molecular complexity index is 806. The number of halogens is 3. The topological polar surface area (TPSA) is 21.1 Å². The second-order valence-corrected chi connectivity index (χ2v) is 6.71. The predicted molar refractivity (Wildman–Crippen MR) is 91.6 cm³/mol. The van der Waals surface area contributed by atoms with Gasteiger partial charge in [0.1, 0.15) is 5.69 Å². The molecule has 3 nitrogen and oxygen atoms in total. The summed E-state index contributed by atoms with van der Waals surface area (Å²) >= 11 is 0. The standard InChI is InChI=1S/C19H22F3N3/c1-11-5-6-12(2)14(9-11)10-25(15-7-8-15)13(3)16-17(18(20)21)23-24(4)19(16)22/h5-6,9,15,18H,3,7-8,10H2,1-2,4H3. The second kappa shape index (κ2) is 6.58. The highest BCUT2D eigenvalue weighted by molar-refractivity contribution is 5.65. The van der Waals surface area contributed by atoms with Gasteiger partial charge in [-0.3, -0.25) is 0 Å². The summed E-state index contributed by atoms with van der Waals surface area (Å²) in [7, 11) is 1.32. The normalized spacial score (nSPS) is 14.2. The van der Waals surface area contributed by atoms with Crippen molar-refractivity contribution in [2.24, 2.45) is 7.05 Å². The molecule has 1 heterocycles. The Hall–Kier alpha value is -2.24. The fourth-order valence-electron chi connectivity index (χ4n) is 3.07. The Kier molecular flexibility index (Phi) is 4.62. The number of hydrogen-bond donors (Lipinski definition) is 0. The maximum Gasteiger partial charge on any atom is 0.282 e. The molecular weight excluding hydrogens is 327 g/mol. The van der Waals surface area contributed by atoms with E-state index in [4.69, 9.17) is 0 Å². The van der Waals surface area contributed by atoms with Crippen LogP contribution in [0.4, 0.5) is 13.2 Å². The van der Waals surface area contributed by atoms with Gasteiger partial charge in [-0.2, -0.15) is 9.49 Å². The first-order valence-corrected chi connectivity index (χ1v) is 8.32. The van der Waals surface area contributed by atoms with Crippen molar-refractivity contribution in [3.63, 3.8) is 0 Å². The molecule has 0 radical (unpaired) electrons. The minimum atomic E-state index is -2.84. The summed E-state index contributed by atoms with van der Waals surface area (Å²) in [5.41, 5.74) is 2.90. The van der Waals surface area contributed by atoms with Gasteiger partial charge >= 0.3 is 0 Å². The molecule has 1 saturated carbocycles. The first-order valence-electron chi connectivity index (χ1n) is 8.32. The molecule has 0 unspecified atom stereocenters. The van der Waals surface area contributed by atoms with Gasteiger partial charge in [0.2, 0.25) is 5.95 Å². The SMILES string of the molecule is C=C(c1c(C(F)F)nn(C)c1F)N(Cc1cc(C)ccc1C)C1CC1. The highest BCUT2D eigenvalue weighted by Gasteiger charge is 2.34. The van der Waals surface area contributed by atoms with Crippen LogP contribution in [-0.4, -0.2) is 20.7 Å². The van der Waals surface area contributed by atoms with Gasteiger partial charge in [0.25, 0.3) is 6.43 Å². The second-order valence-electron chi connectivity index (χ2n) is 6.71. The molecule has 3 rings (SSSR count). The van der Waals surface area contributed by atoms with Gasteiger partial charge in [-0.25, -0.2) is 13.5 Å². The summed E-state index contributed by atoms with van der Waals surface area (Å²) in [6, 6.07) is 6.35. The minimum Gasteiger partial charge on any atom is -0.364 e. The van der Waals surface area contributed by atoms with Crippen molar-refractivity contribution >= 4 is 5.70 Å². The van der Waals surface area contributed by atoms with E-state index < -0.39 is 18.1 Å². The summed E-state index contributed by atoms with van der Waals surface area (Å²) in [5, 5.41) is 3.64. The number of alkyl halides is 2. The third kappa shape index (κ3) is 3.43. The van der Waals surface area contributed by atoms with Gasteiger partial charge in [0, 0.05) is 25.3 Å². The smallest absolute Gasteiger partial charge is 0.282 e. The highest BCUT2D eigenvalue weighted by Crippen LogP contribution is 2.38. The minimum absolute atomic E-state index is 0.172. The van der Waals surface area contributed by atoms with Crippen molar-refractivity contribution in [1.29, 1.82) is 0 Å². The molecule has 1 aromatic heterocycles. The third-order valence-electron chi connectivity index (χ3n) is 4.68. The zero-order valence-electron chi connectivity index (χ0n) is 14.7. The van der Waals surface area contributed by atoms with Crippen LogP contribution in [0.2, 0.25) is 0 Å². The van der Waals surface area contributed by atoms with Crippen LogP contribution in [0.1, 0.15) is 47.2 Å². The molecule has 1 aliphatic carbocycles. The van der Waals surface area contributed by atoms with Crippen molar-refractivity contribution < 1.29 is 13.2 Å². The third-order valence-corrected chi connectivity index (χ3v) is 4.68. The molecule has 0 bridgehead atoms. The van der Waals surface area contributed by atoms with E-state index in [2.05, 4.69) is 17.7 Å². The molecule has 25 heavy (non-hydrogen) atoms.